The number of carbonyl (C=O) groups excluding carboxylic acids is 1. The molecule has 1 aliphatic heterocycles. The van der Waals surface area contributed by atoms with Crippen molar-refractivity contribution in [2.45, 2.75) is 45.1 Å². The summed E-state index contributed by atoms with van der Waals surface area (Å²) in [6, 6.07) is 6.31. The van der Waals surface area contributed by atoms with Gasteiger partial charge in [0.25, 0.3) is 0 Å². The molecule has 1 aliphatic carbocycles. The van der Waals surface area contributed by atoms with Crippen LogP contribution in [0.25, 0.3) is 0 Å². The van der Waals surface area contributed by atoms with Gasteiger partial charge in [0.15, 0.2) is 0 Å². The number of nitrogens with one attached hydrogen (secondary N) is 1. The van der Waals surface area contributed by atoms with Crippen LogP contribution in [0, 0.1) is 11.8 Å². The van der Waals surface area contributed by atoms with Crippen LogP contribution in [-0.2, 0) is 11.2 Å². The zero-order valence-electron chi connectivity index (χ0n) is 13.7. The molecule has 2 aliphatic rings. The van der Waals surface area contributed by atoms with E-state index in [1.807, 2.05) is 0 Å². The normalized spacial score (nSPS) is 25.9. The number of fused-ring (bicyclic) bond motifs is 1. The Kier molecular flexibility index (Phi) is 6.31. The molecule has 0 radical (unpaired) electrons. The molecule has 3 atom stereocenters. The Morgan fingerprint density at radius 2 is 2.17 bits per heavy atom. The Balaban J connectivity index is 0.00000192. The van der Waals surface area contributed by atoms with E-state index in [1.165, 1.54) is 5.56 Å². The topological polar surface area (TPSA) is 64.3 Å². The number of amides is 1. The van der Waals surface area contributed by atoms with Crippen LogP contribution in [0.5, 0.6) is 5.75 Å². The highest BCUT2D eigenvalue weighted by Gasteiger charge is 2.34. The number of carbonyl (C=O) groups is 1. The molecule has 1 aromatic rings. The SMILES string of the molecule is CCc1cccc2c1OCCC2NC(=O)[C@@H]1CCC[C@@H]1CN.Cl. The quantitative estimate of drug-likeness (QED) is 0.887. The summed E-state index contributed by atoms with van der Waals surface area (Å²) in [5.41, 5.74) is 8.16. The molecule has 3 N–H and O–H groups in total. The Morgan fingerprint density at radius 3 is 2.91 bits per heavy atom. The van der Waals surface area contributed by atoms with Crippen molar-refractivity contribution in [3.8, 4) is 5.75 Å². The first-order valence-electron chi connectivity index (χ1n) is 8.49. The van der Waals surface area contributed by atoms with Gasteiger partial charge in [-0.05, 0) is 37.3 Å². The molecule has 4 nitrogen and oxygen atoms in total. The van der Waals surface area contributed by atoms with Crippen LogP contribution in [-0.4, -0.2) is 19.1 Å². The minimum atomic E-state index is 0. The van der Waals surface area contributed by atoms with Gasteiger partial charge >= 0.3 is 0 Å². The number of aryl methyl sites for hydroxylation is 1. The third-order valence-electron chi connectivity index (χ3n) is 5.15. The fraction of sp³-hybridized carbons (Fsp3) is 0.611. The van der Waals surface area contributed by atoms with Gasteiger partial charge in [0.2, 0.25) is 5.91 Å². The lowest BCUT2D eigenvalue weighted by Gasteiger charge is -2.30. The van der Waals surface area contributed by atoms with Crippen molar-refractivity contribution >= 4 is 18.3 Å². The Bertz CT molecular complexity index is 550. The highest BCUT2D eigenvalue weighted by Crippen LogP contribution is 2.37. The lowest BCUT2D eigenvalue weighted by molar-refractivity contribution is -0.126. The van der Waals surface area contributed by atoms with Gasteiger partial charge in [-0.25, -0.2) is 0 Å². The van der Waals surface area contributed by atoms with E-state index in [4.69, 9.17) is 10.5 Å². The van der Waals surface area contributed by atoms with Crippen molar-refractivity contribution in [1.29, 1.82) is 0 Å². The van der Waals surface area contributed by atoms with Gasteiger partial charge in [-0.3, -0.25) is 4.79 Å². The first-order chi connectivity index (χ1) is 10.7. The maximum Gasteiger partial charge on any atom is 0.223 e. The molecule has 0 bridgehead atoms. The highest BCUT2D eigenvalue weighted by molar-refractivity contribution is 5.85. The highest BCUT2D eigenvalue weighted by atomic mass is 35.5. The molecule has 0 spiro atoms. The van der Waals surface area contributed by atoms with Crippen molar-refractivity contribution in [1.82, 2.24) is 5.32 Å². The van der Waals surface area contributed by atoms with Gasteiger partial charge in [-0.15, -0.1) is 12.4 Å². The third-order valence-corrected chi connectivity index (χ3v) is 5.15. The summed E-state index contributed by atoms with van der Waals surface area (Å²) in [7, 11) is 0. The zero-order chi connectivity index (χ0) is 15.5. The number of ether oxygens (including phenoxy) is 1. The van der Waals surface area contributed by atoms with Crippen LogP contribution in [0.15, 0.2) is 18.2 Å². The predicted molar refractivity (Wildman–Crippen MR) is 93.9 cm³/mol. The Labute approximate surface area is 144 Å². The average Bonchev–Trinajstić information content (AvgIpc) is 3.03. The van der Waals surface area contributed by atoms with Crippen LogP contribution in [0.1, 0.15) is 49.8 Å². The second-order valence-corrected chi connectivity index (χ2v) is 6.42. The van der Waals surface area contributed by atoms with Crippen molar-refractivity contribution < 1.29 is 9.53 Å². The molecule has 0 aromatic heterocycles. The second kappa shape index (κ2) is 8.02. The number of nitrogens with two attached hydrogens (primary N) is 1. The van der Waals surface area contributed by atoms with E-state index in [1.54, 1.807) is 0 Å². The fourth-order valence-electron chi connectivity index (χ4n) is 3.86. The zero-order valence-corrected chi connectivity index (χ0v) is 14.5. The van der Waals surface area contributed by atoms with Crippen molar-refractivity contribution in [2.75, 3.05) is 13.2 Å². The van der Waals surface area contributed by atoms with Crippen LogP contribution in [0.4, 0.5) is 0 Å². The standard InChI is InChI=1S/C18H26N2O2.ClH/c1-2-12-5-3-8-15-16(9-10-22-17(12)15)20-18(21)14-7-4-6-13(14)11-19;/h3,5,8,13-14,16H,2,4,6-7,9-11,19H2,1H3,(H,20,21);1H/t13-,14-,16?;/m1./s1. The first-order valence-corrected chi connectivity index (χ1v) is 8.49. The van der Waals surface area contributed by atoms with Gasteiger partial charge in [-0.2, -0.15) is 0 Å². The molecule has 23 heavy (non-hydrogen) atoms. The van der Waals surface area contributed by atoms with Gasteiger partial charge in [0.05, 0.1) is 12.6 Å². The van der Waals surface area contributed by atoms with Crippen LogP contribution in [0.3, 0.4) is 0 Å². The predicted octanol–water partition coefficient (Wildman–Crippen LogP) is 2.99. The molecule has 1 heterocycles. The van der Waals surface area contributed by atoms with E-state index in [0.717, 1.165) is 43.4 Å². The van der Waals surface area contributed by atoms with E-state index in [9.17, 15) is 4.79 Å². The van der Waals surface area contributed by atoms with Crippen LogP contribution >= 0.6 is 12.4 Å². The molecule has 1 amide bonds. The summed E-state index contributed by atoms with van der Waals surface area (Å²) in [5, 5.41) is 3.26. The number of benzene rings is 1. The second-order valence-electron chi connectivity index (χ2n) is 6.42. The molecule has 1 saturated carbocycles. The summed E-state index contributed by atoms with van der Waals surface area (Å²) >= 11 is 0. The first kappa shape index (κ1) is 18.1. The average molecular weight is 339 g/mol. The van der Waals surface area contributed by atoms with E-state index in [-0.39, 0.29) is 30.3 Å². The number of rotatable bonds is 4. The molecule has 0 saturated heterocycles. The molecule has 3 rings (SSSR count). The maximum absolute atomic E-state index is 12.6. The van der Waals surface area contributed by atoms with Gasteiger partial charge in [-0.1, -0.05) is 31.5 Å². The lowest BCUT2D eigenvalue weighted by Crippen LogP contribution is -2.39. The summed E-state index contributed by atoms with van der Waals surface area (Å²) in [6.45, 7) is 3.41. The monoisotopic (exact) mass is 338 g/mol. The summed E-state index contributed by atoms with van der Waals surface area (Å²) in [5.74, 6) is 1.59. The van der Waals surface area contributed by atoms with Crippen molar-refractivity contribution in [3.05, 3.63) is 29.3 Å². The Morgan fingerprint density at radius 1 is 1.35 bits per heavy atom. The van der Waals surface area contributed by atoms with E-state index >= 15 is 0 Å². The van der Waals surface area contributed by atoms with Crippen molar-refractivity contribution in [2.24, 2.45) is 17.6 Å². The van der Waals surface area contributed by atoms with Gasteiger partial charge in [0, 0.05) is 17.9 Å². The number of hydrogen-bond acceptors (Lipinski definition) is 3. The smallest absolute Gasteiger partial charge is 0.223 e. The molecule has 5 heteroatoms. The van der Waals surface area contributed by atoms with Crippen molar-refractivity contribution in [3.63, 3.8) is 0 Å². The largest absolute Gasteiger partial charge is 0.493 e. The fourth-order valence-corrected chi connectivity index (χ4v) is 3.86. The lowest BCUT2D eigenvalue weighted by atomic mass is 9.93. The summed E-state index contributed by atoms with van der Waals surface area (Å²) < 4.78 is 5.85. The maximum atomic E-state index is 12.6. The molecular formula is C18H27ClN2O2. The number of para-hydroxylation sites is 1. The third kappa shape index (κ3) is 3.64. The van der Waals surface area contributed by atoms with E-state index < -0.39 is 0 Å². The molecule has 1 aromatic carbocycles. The molecule has 1 fully saturated rings. The van der Waals surface area contributed by atoms with E-state index in [0.29, 0.717) is 19.1 Å². The minimum absolute atomic E-state index is 0. The minimum Gasteiger partial charge on any atom is -0.493 e. The van der Waals surface area contributed by atoms with Gasteiger partial charge < -0.3 is 15.8 Å². The van der Waals surface area contributed by atoms with E-state index in [2.05, 4.69) is 30.4 Å². The van der Waals surface area contributed by atoms with Gasteiger partial charge in [0.1, 0.15) is 5.75 Å². The number of halogens is 1. The molecular weight excluding hydrogens is 312 g/mol. The summed E-state index contributed by atoms with van der Waals surface area (Å²) in [4.78, 5) is 12.6. The molecule has 1 unspecified atom stereocenters. The summed E-state index contributed by atoms with van der Waals surface area (Å²) in [6.07, 6.45) is 4.95. The van der Waals surface area contributed by atoms with Crippen LogP contribution in [0.2, 0.25) is 0 Å². The Hall–Kier alpha value is -1.26. The van der Waals surface area contributed by atoms with Crippen LogP contribution < -0.4 is 15.8 Å². The number of hydrogen-bond donors (Lipinski definition) is 2. The molecule has 128 valence electrons.